The molecule has 0 aliphatic heterocycles. The first-order chi connectivity index (χ1) is 9.28. The molecule has 0 amide bonds. The Morgan fingerprint density at radius 2 is 1.95 bits per heavy atom. The molecule has 2 rings (SSSR count). The number of hydrogen-bond acceptors (Lipinski definition) is 3. The van der Waals surface area contributed by atoms with Crippen LogP contribution in [0.15, 0.2) is 47.3 Å². The molecule has 3 nitrogen and oxygen atoms in total. The van der Waals surface area contributed by atoms with E-state index in [0.717, 1.165) is 25.1 Å². The SMILES string of the molecule is COc1ccc(CCC(C)NCc2ccoc2)cc1. The molecule has 2 aromatic rings. The minimum absolute atomic E-state index is 0.483. The molecule has 19 heavy (non-hydrogen) atoms. The Morgan fingerprint density at radius 1 is 1.16 bits per heavy atom. The van der Waals surface area contributed by atoms with E-state index in [0.29, 0.717) is 6.04 Å². The molecule has 0 bridgehead atoms. The summed E-state index contributed by atoms with van der Waals surface area (Å²) in [5.74, 6) is 0.912. The Balaban J connectivity index is 1.71. The van der Waals surface area contributed by atoms with Crippen LogP contribution in [0.25, 0.3) is 0 Å². The second-order valence-electron chi connectivity index (χ2n) is 4.80. The van der Waals surface area contributed by atoms with Crippen molar-refractivity contribution in [3.8, 4) is 5.75 Å². The van der Waals surface area contributed by atoms with E-state index in [1.807, 2.05) is 18.2 Å². The average molecular weight is 259 g/mol. The second-order valence-corrected chi connectivity index (χ2v) is 4.80. The lowest BCUT2D eigenvalue weighted by Crippen LogP contribution is -2.25. The third-order valence-corrected chi connectivity index (χ3v) is 3.26. The summed E-state index contributed by atoms with van der Waals surface area (Å²) in [6, 6.07) is 10.8. The van der Waals surface area contributed by atoms with Crippen LogP contribution in [0.1, 0.15) is 24.5 Å². The van der Waals surface area contributed by atoms with E-state index in [1.165, 1.54) is 11.1 Å². The van der Waals surface area contributed by atoms with E-state index in [9.17, 15) is 0 Å². The molecule has 3 heteroatoms. The highest BCUT2D eigenvalue weighted by atomic mass is 16.5. The number of rotatable bonds is 7. The molecule has 0 aliphatic carbocycles. The van der Waals surface area contributed by atoms with Crippen molar-refractivity contribution in [2.24, 2.45) is 0 Å². The molecule has 0 fully saturated rings. The summed E-state index contributed by atoms with van der Waals surface area (Å²) in [4.78, 5) is 0. The van der Waals surface area contributed by atoms with Crippen LogP contribution in [0.2, 0.25) is 0 Å². The van der Waals surface area contributed by atoms with Gasteiger partial charge in [-0.25, -0.2) is 0 Å². The Labute approximate surface area is 114 Å². The highest BCUT2D eigenvalue weighted by molar-refractivity contribution is 5.27. The molecule has 0 saturated carbocycles. The topological polar surface area (TPSA) is 34.4 Å². The predicted molar refractivity (Wildman–Crippen MR) is 76.3 cm³/mol. The Bertz CT molecular complexity index is 462. The van der Waals surface area contributed by atoms with Gasteiger partial charge < -0.3 is 14.5 Å². The molecule has 0 radical (unpaired) electrons. The minimum atomic E-state index is 0.483. The zero-order chi connectivity index (χ0) is 13.5. The van der Waals surface area contributed by atoms with Gasteiger partial charge in [-0.1, -0.05) is 12.1 Å². The van der Waals surface area contributed by atoms with Gasteiger partial charge >= 0.3 is 0 Å². The van der Waals surface area contributed by atoms with Crippen molar-refractivity contribution in [1.82, 2.24) is 5.32 Å². The van der Waals surface area contributed by atoms with Crippen molar-refractivity contribution in [1.29, 1.82) is 0 Å². The van der Waals surface area contributed by atoms with Gasteiger partial charge in [0, 0.05) is 18.2 Å². The lowest BCUT2D eigenvalue weighted by Gasteiger charge is -2.13. The van der Waals surface area contributed by atoms with Gasteiger partial charge in [-0.3, -0.25) is 0 Å². The van der Waals surface area contributed by atoms with Gasteiger partial charge in [0.25, 0.3) is 0 Å². The predicted octanol–water partition coefficient (Wildman–Crippen LogP) is 3.40. The fourth-order valence-electron chi connectivity index (χ4n) is 1.96. The van der Waals surface area contributed by atoms with E-state index >= 15 is 0 Å². The number of hydrogen-bond donors (Lipinski definition) is 1. The smallest absolute Gasteiger partial charge is 0.118 e. The molecule has 102 valence electrons. The zero-order valence-electron chi connectivity index (χ0n) is 11.6. The van der Waals surface area contributed by atoms with Crippen LogP contribution in [0.3, 0.4) is 0 Å². The second kappa shape index (κ2) is 7.00. The standard InChI is InChI=1S/C16H21NO2/c1-13(17-11-15-9-10-19-12-15)3-4-14-5-7-16(18-2)8-6-14/h5-10,12-13,17H,3-4,11H2,1-2H3. The molecule has 1 aromatic heterocycles. The van der Waals surface area contributed by atoms with Gasteiger partial charge in [-0.05, 0) is 43.5 Å². The van der Waals surface area contributed by atoms with Crippen molar-refractivity contribution in [3.05, 3.63) is 54.0 Å². The number of nitrogens with one attached hydrogen (secondary N) is 1. The summed E-state index contributed by atoms with van der Waals surface area (Å²) in [6.45, 7) is 3.07. The number of ether oxygens (including phenoxy) is 1. The summed E-state index contributed by atoms with van der Waals surface area (Å²) in [5, 5.41) is 3.49. The van der Waals surface area contributed by atoms with Gasteiger partial charge in [-0.2, -0.15) is 0 Å². The van der Waals surface area contributed by atoms with Crippen molar-refractivity contribution >= 4 is 0 Å². The summed E-state index contributed by atoms with van der Waals surface area (Å²) in [7, 11) is 1.69. The van der Waals surface area contributed by atoms with E-state index in [2.05, 4.69) is 24.4 Å². The number of furan rings is 1. The van der Waals surface area contributed by atoms with Gasteiger partial charge in [0.1, 0.15) is 5.75 Å². The van der Waals surface area contributed by atoms with Crippen molar-refractivity contribution in [2.75, 3.05) is 7.11 Å². The number of benzene rings is 1. The monoisotopic (exact) mass is 259 g/mol. The van der Waals surface area contributed by atoms with Crippen LogP contribution >= 0.6 is 0 Å². The van der Waals surface area contributed by atoms with Crippen LogP contribution in [0.5, 0.6) is 5.75 Å². The minimum Gasteiger partial charge on any atom is -0.497 e. The van der Waals surface area contributed by atoms with Crippen LogP contribution < -0.4 is 10.1 Å². The largest absolute Gasteiger partial charge is 0.497 e. The normalized spacial score (nSPS) is 12.3. The fraction of sp³-hybridized carbons (Fsp3) is 0.375. The first kappa shape index (κ1) is 13.7. The van der Waals surface area contributed by atoms with Crippen LogP contribution in [0, 0.1) is 0 Å². The Hall–Kier alpha value is -1.74. The fourth-order valence-corrected chi connectivity index (χ4v) is 1.96. The number of methoxy groups -OCH3 is 1. The molecule has 1 unspecified atom stereocenters. The molecule has 0 saturated heterocycles. The maximum Gasteiger partial charge on any atom is 0.118 e. The van der Waals surface area contributed by atoms with Gasteiger partial charge in [0.2, 0.25) is 0 Å². The first-order valence-electron chi connectivity index (χ1n) is 6.65. The molecular formula is C16H21NO2. The van der Waals surface area contributed by atoms with E-state index in [1.54, 1.807) is 19.6 Å². The highest BCUT2D eigenvalue weighted by Crippen LogP contribution is 2.13. The van der Waals surface area contributed by atoms with E-state index in [-0.39, 0.29) is 0 Å². The Kier molecular flexibility index (Phi) is 5.04. The molecular weight excluding hydrogens is 238 g/mol. The maximum absolute atomic E-state index is 5.15. The highest BCUT2D eigenvalue weighted by Gasteiger charge is 2.03. The first-order valence-corrected chi connectivity index (χ1v) is 6.65. The van der Waals surface area contributed by atoms with Gasteiger partial charge in [0.15, 0.2) is 0 Å². The molecule has 0 aliphatic rings. The average Bonchev–Trinajstić information content (AvgIpc) is 2.96. The van der Waals surface area contributed by atoms with Crippen molar-refractivity contribution in [3.63, 3.8) is 0 Å². The molecule has 0 spiro atoms. The third kappa shape index (κ3) is 4.45. The summed E-state index contributed by atoms with van der Waals surface area (Å²) >= 11 is 0. The molecule has 1 aromatic carbocycles. The lowest BCUT2D eigenvalue weighted by atomic mass is 10.1. The summed E-state index contributed by atoms with van der Waals surface area (Å²) in [5.41, 5.74) is 2.54. The van der Waals surface area contributed by atoms with Crippen LogP contribution in [0.4, 0.5) is 0 Å². The summed E-state index contributed by atoms with van der Waals surface area (Å²) in [6.07, 6.45) is 5.68. The molecule has 1 N–H and O–H groups in total. The Morgan fingerprint density at radius 3 is 2.58 bits per heavy atom. The van der Waals surface area contributed by atoms with E-state index < -0.39 is 0 Å². The zero-order valence-corrected chi connectivity index (χ0v) is 11.6. The maximum atomic E-state index is 5.15. The quantitative estimate of drug-likeness (QED) is 0.827. The van der Waals surface area contributed by atoms with Crippen LogP contribution in [-0.2, 0) is 13.0 Å². The van der Waals surface area contributed by atoms with E-state index in [4.69, 9.17) is 9.15 Å². The van der Waals surface area contributed by atoms with Gasteiger partial charge in [-0.15, -0.1) is 0 Å². The van der Waals surface area contributed by atoms with Gasteiger partial charge in [0.05, 0.1) is 19.6 Å². The lowest BCUT2D eigenvalue weighted by molar-refractivity contribution is 0.414. The van der Waals surface area contributed by atoms with Crippen molar-refractivity contribution in [2.45, 2.75) is 32.4 Å². The third-order valence-electron chi connectivity index (χ3n) is 3.26. The van der Waals surface area contributed by atoms with Crippen molar-refractivity contribution < 1.29 is 9.15 Å². The van der Waals surface area contributed by atoms with Crippen LogP contribution in [-0.4, -0.2) is 13.2 Å². The number of aryl methyl sites for hydroxylation is 1. The molecule has 1 heterocycles. The molecule has 1 atom stereocenters. The summed E-state index contributed by atoms with van der Waals surface area (Å²) < 4.78 is 10.2.